The van der Waals surface area contributed by atoms with Gasteiger partial charge in [0.15, 0.2) is 0 Å². The van der Waals surface area contributed by atoms with Gasteiger partial charge in [-0.1, -0.05) is 13.3 Å². The maximum absolute atomic E-state index is 12.2. The van der Waals surface area contributed by atoms with Gasteiger partial charge in [0, 0.05) is 24.5 Å². The normalized spacial score (nSPS) is 12.3. The van der Waals surface area contributed by atoms with Crippen molar-refractivity contribution < 1.29 is 4.79 Å². The van der Waals surface area contributed by atoms with Crippen molar-refractivity contribution in [2.24, 2.45) is 11.7 Å². The van der Waals surface area contributed by atoms with Crippen LogP contribution in [-0.2, 0) is 0 Å². The van der Waals surface area contributed by atoms with Crippen LogP contribution >= 0.6 is 0 Å². The number of hydrogen-bond donors (Lipinski definition) is 2. The molecular formula is C16H22N4O. The zero-order valence-electron chi connectivity index (χ0n) is 12.4. The number of nitrogens with zero attached hydrogens (tertiary/aromatic N) is 2. The van der Waals surface area contributed by atoms with E-state index in [1.165, 1.54) is 0 Å². The van der Waals surface area contributed by atoms with Crippen molar-refractivity contribution in [2.75, 3.05) is 13.1 Å². The van der Waals surface area contributed by atoms with Gasteiger partial charge in [-0.25, -0.2) is 0 Å². The molecule has 5 heteroatoms. The molecule has 112 valence electrons. The molecule has 0 aliphatic carbocycles. The Morgan fingerprint density at radius 1 is 1.24 bits per heavy atom. The van der Waals surface area contributed by atoms with E-state index in [4.69, 9.17) is 5.73 Å². The highest BCUT2D eigenvalue weighted by molar-refractivity contribution is 5.97. The van der Waals surface area contributed by atoms with Gasteiger partial charge in [-0.05, 0) is 43.5 Å². The lowest BCUT2D eigenvalue weighted by Gasteiger charge is -2.16. The summed E-state index contributed by atoms with van der Waals surface area (Å²) >= 11 is 0. The third kappa shape index (κ3) is 4.23. The number of nitrogens with one attached hydrogen (secondary N) is 1. The number of benzene rings is 1. The monoisotopic (exact) mass is 286 g/mol. The zero-order valence-corrected chi connectivity index (χ0v) is 12.4. The summed E-state index contributed by atoms with van der Waals surface area (Å²) < 4.78 is 0. The molecule has 3 N–H and O–H groups in total. The molecule has 2 rings (SSSR count). The predicted octanol–water partition coefficient (Wildman–Crippen LogP) is 2.12. The first kappa shape index (κ1) is 15.4. The van der Waals surface area contributed by atoms with E-state index in [0.717, 1.165) is 30.3 Å². The van der Waals surface area contributed by atoms with Gasteiger partial charge >= 0.3 is 0 Å². The molecule has 1 atom stereocenters. The van der Waals surface area contributed by atoms with E-state index in [9.17, 15) is 4.79 Å². The van der Waals surface area contributed by atoms with E-state index in [1.54, 1.807) is 24.5 Å². The minimum absolute atomic E-state index is 0.0688. The molecule has 0 aliphatic rings. The third-order valence-corrected chi connectivity index (χ3v) is 3.55. The van der Waals surface area contributed by atoms with Crippen molar-refractivity contribution in [3.8, 4) is 0 Å². The fourth-order valence-corrected chi connectivity index (χ4v) is 2.44. The van der Waals surface area contributed by atoms with Crippen LogP contribution in [0.4, 0.5) is 0 Å². The smallest absolute Gasteiger partial charge is 0.251 e. The summed E-state index contributed by atoms with van der Waals surface area (Å²) in [4.78, 5) is 20.6. The van der Waals surface area contributed by atoms with Crippen LogP contribution in [0.15, 0.2) is 30.6 Å². The van der Waals surface area contributed by atoms with Gasteiger partial charge in [0.25, 0.3) is 5.91 Å². The second-order valence-corrected chi connectivity index (χ2v) is 5.20. The zero-order chi connectivity index (χ0) is 15.1. The Bertz CT molecular complexity index is 594. The van der Waals surface area contributed by atoms with Crippen LogP contribution in [-0.4, -0.2) is 29.0 Å². The molecular weight excluding hydrogens is 264 g/mol. The lowest BCUT2D eigenvalue weighted by molar-refractivity contribution is 0.0945. The van der Waals surface area contributed by atoms with E-state index in [0.29, 0.717) is 24.6 Å². The van der Waals surface area contributed by atoms with Crippen molar-refractivity contribution in [3.63, 3.8) is 0 Å². The molecule has 1 unspecified atom stereocenters. The maximum atomic E-state index is 12.2. The summed E-state index contributed by atoms with van der Waals surface area (Å²) in [6.07, 6.45) is 6.40. The van der Waals surface area contributed by atoms with Gasteiger partial charge in [-0.3, -0.25) is 14.8 Å². The summed E-state index contributed by atoms with van der Waals surface area (Å²) in [7, 11) is 0. The van der Waals surface area contributed by atoms with E-state index in [2.05, 4.69) is 22.2 Å². The average Bonchev–Trinajstić information content (AvgIpc) is 2.52. The average molecular weight is 286 g/mol. The third-order valence-electron chi connectivity index (χ3n) is 3.55. The van der Waals surface area contributed by atoms with Crippen LogP contribution in [0.3, 0.4) is 0 Å². The molecule has 0 saturated heterocycles. The second kappa shape index (κ2) is 7.69. The molecule has 5 nitrogen and oxygen atoms in total. The Kier molecular flexibility index (Phi) is 5.63. The highest BCUT2D eigenvalue weighted by Gasteiger charge is 2.11. The summed E-state index contributed by atoms with van der Waals surface area (Å²) in [5.74, 6) is 0.380. The number of amides is 1. The molecule has 1 heterocycles. The largest absolute Gasteiger partial charge is 0.352 e. The summed E-state index contributed by atoms with van der Waals surface area (Å²) in [5.41, 5.74) is 7.75. The van der Waals surface area contributed by atoms with Crippen LogP contribution < -0.4 is 11.1 Å². The van der Waals surface area contributed by atoms with Crippen LogP contribution in [0.5, 0.6) is 0 Å². The molecule has 0 fully saturated rings. The summed E-state index contributed by atoms with van der Waals surface area (Å²) in [6, 6.07) is 5.38. The van der Waals surface area contributed by atoms with Crippen molar-refractivity contribution >= 4 is 16.9 Å². The first-order chi connectivity index (χ1) is 10.2. The van der Waals surface area contributed by atoms with Gasteiger partial charge in [-0.15, -0.1) is 0 Å². The molecule has 2 aromatic rings. The SMILES string of the molecule is CCCC(CCN)CNC(=O)c1ccc2nccnc2c1. The number of rotatable bonds is 7. The fourth-order valence-electron chi connectivity index (χ4n) is 2.44. The number of carbonyl (C=O) groups excluding carboxylic acids is 1. The predicted molar refractivity (Wildman–Crippen MR) is 83.9 cm³/mol. The standard InChI is InChI=1S/C16H22N4O/c1-2-3-12(6-7-17)11-20-16(21)13-4-5-14-15(10-13)19-9-8-18-14/h4-5,8-10,12H,2-3,6-7,11,17H2,1H3,(H,20,21). The van der Waals surface area contributed by atoms with Gasteiger partial charge in [0.05, 0.1) is 11.0 Å². The van der Waals surface area contributed by atoms with E-state index < -0.39 is 0 Å². The Labute approximate surface area is 125 Å². The minimum atomic E-state index is -0.0688. The van der Waals surface area contributed by atoms with Crippen LogP contribution in [0.2, 0.25) is 0 Å². The van der Waals surface area contributed by atoms with Crippen molar-refractivity contribution in [1.29, 1.82) is 0 Å². The van der Waals surface area contributed by atoms with Gasteiger partial charge in [0.2, 0.25) is 0 Å². The first-order valence-corrected chi connectivity index (χ1v) is 7.43. The number of fused-ring (bicyclic) bond motifs is 1. The maximum Gasteiger partial charge on any atom is 0.251 e. The molecule has 0 bridgehead atoms. The first-order valence-electron chi connectivity index (χ1n) is 7.43. The highest BCUT2D eigenvalue weighted by atomic mass is 16.1. The Morgan fingerprint density at radius 2 is 2.00 bits per heavy atom. The number of hydrogen-bond acceptors (Lipinski definition) is 4. The highest BCUT2D eigenvalue weighted by Crippen LogP contribution is 2.12. The van der Waals surface area contributed by atoms with Gasteiger partial charge < -0.3 is 11.1 Å². The van der Waals surface area contributed by atoms with Crippen molar-refractivity contribution in [3.05, 3.63) is 36.2 Å². The quantitative estimate of drug-likeness (QED) is 0.817. The number of carbonyl (C=O) groups is 1. The summed E-state index contributed by atoms with van der Waals surface area (Å²) in [6.45, 7) is 3.47. The number of aromatic nitrogens is 2. The molecule has 21 heavy (non-hydrogen) atoms. The van der Waals surface area contributed by atoms with Crippen LogP contribution in [0.25, 0.3) is 11.0 Å². The van der Waals surface area contributed by atoms with Crippen LogP contribution in [0.1, 0.15) is 36.5 Å². The fraction of sp³-hybridized carbons (Fsp3) is 0.438. The molecule has 0 aliphatic heterocycles. The topological polar surface area (TPSA) is 80.9 Å². The Morgan fingerprint density at radius 3 is 2.71 bits per heavy atom. The number of nitrogens with two attached hydrogens (primary N) is 1. The van der Waals surface area contributed by atoms with E-state index >= 15 is 0 Å². The van der Waals surface area contributed by atoms with Crippen molar-refractivity contribution in [2.45, 2.75) is 26.2 Å². The molecule has 1 aromatic heterocycles. The van der Waals surface area contributed by atoms with Crippen molar-refractivity contribution in [1.82, 2.24) is 15.3 Å². The van der Waals surface area contributed by atoms with Gasteiger partial charge in [0.1, 0.15) is 0 Å². The molecule has 0 saturated carbocycles. The lowest BCUT2D eigenvalue weighted by Crippen LogP contribution is -2.30. The second-order valence-electron chi connectivity index (χ2n) is 5.20. The molecule has 1 aromatic carbocycles. The lowest BCUT2D eigenvalue weighted by atomic mass is 10.00. The Balaban J connectivity index is 2.01. The van der Waals surface area contributed by atoms with E-state index in [1.807, 2.05) is 6.07 Å². The van der Waals surface area contributed by atoms with Crippen LogP contribution in [0, 0.1) is 5.92 Å². The van der Waals surface area contributed by atoms with Gasteiger partial charge in [-0.2, -0.15) is 0 Å². The minimum Gasteiger partial charge on any atom is -0.352 e. The molecule has 0 radical (unpaired) electrons. The molecule has 1 amide bonds. The molecule has 0 spiro atoms. The Hall–Kier alpha value is -2.01. The summed E-state index contributed by atoms with van der Waals surface area (Å²) in [5, 5.41) is 2.99. The van der Waals surface area contributed by atoms with E-state index in [-0.39, 0.29) is 5.91 Å².